The summed E-state index contributed by atoms with van der Waals surface area (Å²) in [4.78, 5) is 21.1. The summed E-state index contributed by atoms with van der Waals surface area (Å²) in [6.07, 6.45) is 31.6. The minimum absolute atomic E-state index is 0. The first-order chi connectivity index (χ1) is 19.2. The van der Waals surface area contributed by atoms with Crippen LogP contribution in [0, 0.1) is 0 Å². The number of aliphatic carboxylic acids is 1. The van der Waals surface area contributed by atoms with Crippen molar-refractivity contribution in [1.29, 1.82) is 0 Å². The van der Waals surface area contributed by atoms with Crippen LogP contribution in [0.5, 0.6) is 0 Å². The quantitative estimate of drug-likeness (QED) is 0.0533. The Morgan fingerprint density at radius 3 is 1.10 bits per heavy atom. The zero-order valence-corrected chi connectivity index (χ0v) is 32.9. The molecule has 0 aliphatic rings. The van der Waals surface area contributed by atoms with E-state index >= 15 is 0 Å². The van der Waals surface area contributed by atoms with E-state index in [9.17, 15) is 27.7 Å². The Bertz CT molecular complexity index is 661. The summed E-state index contributed by atoms with van der Waals surface area (Å²) in [5, 5.41) is 10.2. The van der Waals surface area contributed by atoms with E-state index in [0.717, 1.165) is 32.1 Å². The summed E-state index contributed by atoms with van der Waals surface area (Å²) in [7, 11) is -4.51. The fourth-order valence-corrected chi connectivity index (χ4v) is 4.97. The van der Waals surface area contributed by atoms with E-state index in [1.807, 2.05) is 0 Å². The van der Waals surface area contributed by atoms with Crippen molar-refractivity contribution >= 4 is 22.1 Å². The van der Waals surface area contributed by atoms with Gasteiger partial charge in [-0.25, -0.2) is 8.42 Å². The second-order valence-corrected chi connectivity index (χ2v) is 12.6. The molecule has 0 aliphatic carbocycles. The van der Waals surface area contributed by atoms with Crippen molar-refractivity contribution in [2.24, 2.45) is 0 Å². The maximum Gasteiger partial charge on any atom is 1.00 e. The van der Waals surface area contributed by atoms with Crippen molar-refractivity contribution in [2.45, 2.75) is 181 Å². The number of carboxylic acids is 1. The SMILES string of the molecule is CCCCCCCCCCCCCCCCCC(=O)[O-].CCCCCCCCCCCCOC(=O)CS(=O)(=O)[O-].[Na+].[Na+]. The number of carboxylic acid groups (broad SMARTS) is 1. The predicted molar refractivity (Wildman–Crippen MR) is 162 cm³/mol. The molecule has 0 bridgehead atoms. The normalized spacial score (nSPS) is 10.6. The van der Waals surface area contributed by atoms with Gasteiger partial charge in [-0.3, -0.25) is 4.79 Å². The number of unbranched alkanes of at least 4 members (excludes halogenated alkanes) is 23. The van der Waals surface area contributed by atoms with Gasteiger partial charge in [-0.15, -0.1) is 0 Å². The van der Waals surface area contributed by atoms with Crippen LogP contribution in [0.25, 0.3) is 0 Å². The number of ether oxygens (including phenoxy) is 1. The Morgan fingerprint density at radius 2 is 0.810 bits per heavy atom. The summed E-state index contributed by atoms with van der Waals surface area (Å²) in [6.45, 7) is 4.67. The summed E-state index contributed by atoms with van der Waals surface area (Å²) in [5.41, 5.74) is 0. The molecule has 0 fully saturated rings. The molecule has 7 nitrogen and oxygen atoms in total. The van der Waals surface area contributed by atoms with Crippen LogP contribution in [0.3, 0.4) is 0 Å². The number of rotatable bonds is 29. The molecule has 0 aromatic rings. The molecule has 0 aliphatic heterocycles. The zero-order chi connectivity index (χ0) is 30.2. The first-order valence-electron chi connectivity index (χ1n) is 16.5. The van der Waals surface area contributed by atoms with Crippen LogP contribution in [0.4, 0.5) is 0 Å². The minimum atomic E-state index is -4.51. The number of carbonyl (C=O) groups excluding carboxylic acids is 2. The van der Waals surface area contributed by atoms with Gasteiger partial charge >= 0.3 is 65.1 Å². The molecule has 0 saturated carbocycles. The fourth-order valence-electron chi connectivity index (χ4n) is 4.60. The molecule has 0 saturated heterocycles. The van der Waals surface area contributed by atoms with Crippen molar-refractivity contribution < 1.29 is 91.5 Å². The number of carbonyl (C=O) groups is 2. The average Bonchev–Trinajstić information content (AvgIpc) is 2.88. The molecule has 240 valence electrons. The van der Waals surface area contributed by atoms with Crippen LogP contribution in [0.15, 0.2) is 0 Å². The first kappa shape index (κ1) is 49.7. The van der Waals surface area contributed by atoms with Crippen LogP contribution in [-0.2, 0) is 24.4 Å². The van der Waals surface area contributed by atoms with Crippen LogP contribution in [0.2, 0.25) is 0 Å². The topological polar surface area (TPSA) is 124 Å². The van der Waals surface area contributed by atoms with Crippen LogP contribution in [-0.4, -0.2) is 37.3 Å². The number of hydrogen-bond donors (Lipinski definition) is 0. The molecule has 0 atom stereocenters. The fraction of sp³-hybridized carbons (Fsp3) is 0.938. The molecule has 0 rings (SSSR count). The molecule has 0 N–H and O–H groups in total. The maximum atomic E-state index is 10.9. The van der Waals surface area contributed by atoms with Gasteiger partial charge in [0.15, 0.2) is 0 Å². The van der Waals surface area contributed by atoms with E-state index in [2.05, 4.69) is 18.6 Å². The Labute approximate surface area is 304 Å². The Kier molecular flexibility index (Phi) is 47.2. The van der Waals surface area contributed by atoms with Crippen LogP contribution in [0.1, 0.15) is 181 Å². The first-order valence-corrected chi connectivity index (χ1v) is 18.1. The number of hydrogen-bond acceptors (Lipinski definition) is 7. The van der Waals surface area contributed by atoms with Crippen LogP contribution < -0.4 is 64.2 Å². The average molecular weight is 637 g/mol. The van der Waals surface area contributed by atoms with E-state index in [1.54, 1.807) is 0 Å². The van der Waals surface area contributed by atoms with Gasteiger partial charge in [0.2, 0.25) is 0 Å². The van der Waals surface area contributed by atoms with Gasteiger partial charge in [0.25, 0.3) is 0 Å². The van der Waals surface area contributed by atoms with Crippen molar-refractivity contribution in [3.63, 3.8) is 0 Å². The van der Waals surface area contributed by atoms with E-state index in [0.29, 0.717) is 0 Å². The molecule has 0 unspecified atom stereocenters. The largest absolute Gasteiger partial charge is 1.00 e. The van der Waals surface area contributed by atoms with Gasteiger partial charge < -0.3 is 19.2 Å². The molecule has 0 aromatic heterocycles. The summed E-state index contributed by atoms with van der Waals surface area (Å²) >= 11 is 0. The predicted octanol–water partition coefficient (Wildman–Crippen LogP) is 2.00. The van der Waals surface area contributed by atoms with E-state index in [-0.39, 0.29) is 72.1 Å². The molecular formula is C32H62Na2O7S. The van der Waals surface area contributed by atoms with Crippen molar-refractivity contribution in [1.82, 2.24) is 0 Å². The van der Waals surface area contributed by atoms with E-state index < -0.39 is 27.8 Å². The standard InChI is InChI=1S/C18H36O2.C14H28O5S.2Na/c1-2-3-4-5-6-7-8-9-10-11-12-13-14-15-16-17-18(19)20;1-2-3-4-5-6-7-8-9-10-11-12-19-14(15)13-20(16,17)18;;/h2-17H2,1H3,(H,19,20);2-13H2,1H3,(H,16,17,18);;/q;;2*+1/p-2. The third-order valence-corrected chi connectivity index (χ3v) is 7.63. The summed E-state index contributed by atoms with van der Waals surface area (Å²) < 4.78 is 35.5. The third-order valence-electron chi connectivity index (χ3n) is 7.04. The van der Waals surface area contributed by atoms with Crippen molar-refractivity contribution in [3.05, 3.63) is 0 Å². The van der Waals surface area contributed by atoms with Crippen molar-refractivity contribution in [2.75, 3.05) is 12.4 Å². The second-order valence-electron chi connectivity index (χ2n) is 11.2. The third kappa shape index (κ3) is 50.5. The molecule has 0 radical (unpaired) electrons. The molecular weight excluding hydrogens is 574 g/mol. The molecule has 0 aromatic carbocycles. The molecule has 0 amide bonds. The Balaban J connectivity index is -0.000000328. The Hall–Kier alpha value is 0.850. The summed E-state index contributed by atoms with van der Waals surface area (Å²) in [6, 6.07) is 0. The Morgan fingerprint density at radius 1 is 0.524 bits per heavy atom. The van der Waals surface area contributed by atoms with Gasteiger partial charge in [0, 0.05) is 5.97 Å². The summed E-state index contributed by atoms with van der Waals surface area (Å²) in [5.74, 6) is -2.92. The second kappa shape index (κ2) is 39.9. The van der Waals surface area contributed by atoms with Gasteiger partial charge in [-0.1, -0.05) is 162 Å². The number of esters is 1. The smallest absolute Gasteiger partial charge is 0.748 e. The molecule has 0 heterocycles. The van der Waals surface area contributed by atoms with Gasteiger partial charge in [0.05, 0.1) is 6.61 Å². The van der Waals surface area contributed by atoms with Crippen LogP contribution >= 0.6 is 0 Å². The van der Waals surface area contributed by atoms with E-state index in [1.165, 1.54) is 128 Å². The molecule has 42 heavy (non-hydrogen) atoms. The maximum absolute atomic E-state index is 10.9. The molecule has 10 heteroatoms. The van der Waals surface area contributed by atoms with Gasteiger partial charge in [0.1, 0.15) is 15.9 Å². The monoisotopic (exact) mass is 636 g/mol. The van der Waals surface area contributed by atoms with Crippen molar-refractivity contribution in [3.8, 4) is 0 Å². The van der Waals surface area contributed by atoms with E-state index in [4.69, 9.17) is 0 Å². The molecule has 0 spiro atoms. The minimum Gasteiger partial charge on any atom is -0.748 e. The zero-order valence-electron chi connectivity index (χ0n) is 28.1. The van der Waals surface area contributed by atoms with Gasteiger partial charge in [-0.05, 0) is 19.3 Å². The van der Waals surface area contributed by atoms with Gasteiger partial charge in [-0.2, -0.15) is 0 Å².